The maximum absolute atomic E-state index is 13.0. The average Bonchev–Trinajstić information content (AvgIpc) is 2.69. The zero-order chi connectivity index (χ0) is 19.6. The van der Waals surface area contributed by atoms with Gasteiger partial charge in [-0.25, -0.2) is 8.42 Å². The number of hydrogen-bond donors (Lipinski definition) is 0. The molecule has 5 nitrogen and oxygen atoms in total. The van der Waals surface area contributed by atoms with Crippen molar-refractivity contribution < 1.29 is 13.2 Å². The van der Waals surface area contributed by atoms with Gasteiger partial charge in [0.05, 0.1) is 4.90 Å². The van der Waals surface area contributed by atoms with Crippen LogP contribution in [-0.4, -0.2) is 38.3 Å². The molecule has 2 aromatic rings. The molecule has 1 amide bonds. The SMILES string of the molecule is CCN(CC)S(=O)(=O)c1ccc(C(=O)N2CCC(C)c3ccccc32)cc1. The van der Waals surface area contributed by atoms with Crippen molar-refractivity contribution in [2.75, 3.05) is 24.5 Å². The van der Waals surface area contributed by atoms with Crippen LogP contribution in [-0.2, 0) is 10.0 Å². The van der Waals surface area contributed by atoms with E-state index in [0.717, 1.165) is 12.1 Å². The lowest BCUT2D eigenvalue weighted by Gasteiger charge is -2.33. The van der Waals surface area contributed by atoms with Crippen LogP contribution >= 0.6 is 0 Å². The van der Waals surface area contributed by atoms with Crippen LogP contribution in [0.25, 0.3) is 0 Å². The van der Waals surface area contributed by atoms with E-state index in [1.54, 1.807) is 17.0 Å². The molecule has 0 saturated heterocycles. The zero-order valence-electron chi connectivity index (χ0n) is 16.1. The second-order valence-corrected chi connectivity index (χ2v) is 8.76. The summed E-state index contributed by atoms with van der Waals surface area (Å²) in [6, 6.07) is 14.3. The van der Waals surface area contributed by atoms with Gasteiger partial charge in [-0.05, 0) is 48.2 Å². The Labute approximate surface area is 161 Å². The van der Waals surface area contributed by atoms with Crippen LogP contribution in [0.2, 0.25) is 0 Å². The summed E-state index contributed by atoms with van der Waals surface area (Å²) in [5.74, 6) is 0.327. The molecule has 2 aromatic carbocycles. The van der Waals surface area contributed by atoms with Gasteiger partial charge in [0.2, 0.25) is 10.0 Å². The van der Waals surface area contributed by atoms with Gasteiger partial charge in [-0.15, -0.1) is 0 Å². The fourth-order valence-electron chi connectivity index (χ4n) is 3.60. The minimum absolute atomic E-state index is 0.0962. The Morgan fingerprint density at radius 1 is 1.07 bits per heavy atom. The predicted molar refractivity (Wildman–Crippen MR) is 108 cm³/mol. The van der Waals surface area contributed by atoms with Crippen molar-refractivity contribution >= 4 is 21.6 Å². The summed E-state index contributed by atoms with van der Waals surface area (Å²) in [6.07, 6.45) is 0.914. The molecule has 1 unspecified atom stereocenters. The number of carbonyl (C=O) groups excluding carboxylic acids is 1. The molecule has 1 heterocycles. The molecule has 1 aliphatic heterocycles. The van der Waals surface area contributed by atoms with E-state index in [1.807, 2.05) is 32.0 Å². The Hall–Kier alpha value is -2.18. The van der Waals surface area contributed by atoms with Gasteiger partial charge in [0.15, 0.2) is 0 Å². The van der Waals surface area contributed by atoms with Crippen molar-refractivity contribution in [3.05, 3.63) is 59.7 Å². The Kier molecular flexibility index (Phi) is 5.67. The van der Waals surface area contributed by atoms with Crippen LogP contribution in [0.4, 0.5) is 5.69 Å². The van der Waals surface area contributed by atoms with Gasteiger partial charge >= 0.3 is 0 Å². The standard InChI is InChI=1S/C21H26N2O3S/c1-4-22(5-2)27(25,26)18-12-10-17(11-13-18)21(24)23-15-14-16(3)19-8-6-7-9-20(19)23/h6-13,16H,4-5,14-15H2,1-3H3. The van der Waals surface area contributed by atoms with Crippen LogP contribution in [0.1, 0.15) is 49.0 Å². The number of benzene rings is 2. The van der Waals surface area contributed by atoms with Crippen molar-refractivity contribution in [1.29, 1.82) is 0 Å². The Balaban J connectivity index is 1.88. The molecule has 0 radical (unpaired) electrons. The van der Waals surface area contributed by atoms with Gasteiger partial charge in [0.1, 0.15) is 0 Å². The van der Waals surface area contributed by atoms with E-state index in [9.17, 15) is 13.2 Å². The number of rotatable bonds is 5. The quantitative estimate of drug-likeness (QED) is 0.784. The van der Waals surface area contributed by atoms with Gasteiger partial charge in [-0.1, -0.05) is 39.0 Å². The minimum Gasteiger partial charge on any atom is -0.308 e. The second kappa shape index (κ2) is 7.82. The van der Waals surface area contributed by atoms with Gasteiger partial charge in [0.25, 0.3) is 5.91 Å². The van der Waals surface area contributed by atoms with E-state index in [4.69, 9.17) is 0 Å². The highest BCUT2D eigenvalue weighted by molar-refractivity contribution is 7.89. The molecular formula is C21H26N2O3S. The molecule has 0 aromatic heterocycles. The number of sulfonamides is 1. The van der Waals surface area contributed by atoms with E-state index in [2.05, 4.69) is 13.0 Å². The third-order valence-corrected chi connectivity index (χ3v) is 7.30. The van der Waals surface area contributed by atoms with Crippen LogP contribution in [0.3, 0.4) is 0 Å². The highest BCUT2D eigenvalue weighted by Crippen LogP contribution is 2.35. The number of fused-ring (bicyclic) bond motifs is 1. The van der Waals surface area contributed by atoms with Gasteiger partial charge < -0.3 is 4.90 Å². The zero-order valence-corrected chi connectivity index (χ0v) is 16.9. The maximum atomic E-state index is 13.0. The van der Waals surface area contributed by atoms with Crippen LogP contribution in [0, 0.1) is 0 Å². The maximum Gasteiger partial charge on any atom is 0.258 e. The van der Waals surface area contributed by atoms with Gasteiger partial charge in [-0.2, -0.15) is 4.31 Å². The van der Waals surface area contributed by atoms with Crippen LogP contribution in [0.15, 0.2) is 53.4 Å². The van der Waals surface area contributed by atoms with Crippen molar-refractivity contribution in [3.63, 3.8) is 0 Å². The summed E-state index contributed by atoms with van der Waals surface area (Å²) >= 11 is 0. The molecule has 27 heavy (non-hydrogen) atoms. The normalized spacial score (nSPS) is 17.0. The molecule has 0 saturated carbocycles. The van der Waals surface area contributed by atoms with E-state index >= 15 is 0 Å². The third kappa shape index (κ3) is 3.64. The number of nitrogens with zero attached hydrogens (tertiary/aromatic N) is 2. The number of carbonyl (C=O) groups is 1. The van der Waals surface area contributed by atoms with Crippen LogP contribution in [0.5, 0.6) is 0 Å². The predicted octanol–water partition coefficient (Wildman–Crippen LogP) is 3.87. The molecule has 0 spiro atoms. The Bertz CT molecular complexity index is 919. The lowest BCUT2D eigenvalue weighted by atomic mass is 9.91. The average molecular weight is 387 g/mol. The molecule has 6 heteroatoms. The van der Waals surface area contributed by atoms with Crippen molar-refractivity contribution in [3.8, 4) is 0 Å². The van der Waals surface area contributed by atoms with Crippen molar-refractivity contribution in [2.24, 2.45) is 0 Å². The first kappa shape index (κ1) is 19.6. The summed E-state index contributed by atoms with van der Waals surface area (Å²) in [7, 11) is -3.52. The number of hydrogen-bond acceptors (Lipinski definition) is 3. The monoisotopic (exact) mass is 386 g/mol. The smallest absolute Gasteiger partial charge is 0.258 e. The van der Waals surface area contributed by atoms with E-state index in [0.29, 0.717) is 31.1 Å². The topological polar surface area (TPSA) is 57.7 Å². The van der Waals surface area contributed by atoms with Crippen molar-refractivity contribution in [2.45, 2.75) is 38.0 Å². The summed E-state index contributed by atoms with van der Waals surface area (Å²) in [6.45, 7) is 7.30. The fourth-order valence-corrected chi connectivity index (χ4v) is 5.06. The number of para-hydroxylation sites is 1. The highest BCUT2D eigenvalue weighted by Gasteiger charge is 2.27. The van der Waals surface area contributed by atoms with E-state index in [1.165, 1.54) is 22.0 Å². The molecule has 1 aliphatic rings. The van der Waals surface area contributed by atoms with Crippen LogP contribution < -0.4 is 4.90 Å². The molecule has 0 N–H and O–H groups in total. The first-order chi connectivity index (χ1) is 12.9. The number of amides is 1. The lowest BCUT2D eigenvalue weighted by Crippen LogP contribution is -2.36. The summed E-state index contributed by atoms with van der Waals surface area (Å²) in [5.41, 5.74) is 2.62. The first-order valence-corrected chi connectivity index (χ1v) is 10.8. The van der Waals surface area contributed by atoms with Gasteiger partial charge in [-0.3, -0.25) is 4.79 Å². The molecule has 0 fully saturated rings. The Morgan fingerprint density at radius 2 is 1.70 bits per heavy atom. The fraction of sp³-hybridized carbons (Fsp3) is 0.381. The first-order valence-electron chi connectivity index (χ1n) is 9.41. The highest BCUT2D eigenvalue weighted by atomic mass is 32.2. The number of anilines is 1. The van der Waals surface area contributed by atoms with Gasteiger partial charge in [0, 0.05) is 30.9 Å². The molecule has 3 rings (SSSR count). The molecular weight excluding hydrogens is 360 g/mol. The summed E-state index contributed by atoms with van der Waals surface area (Å²) in [4.78, 5) is 15.1. The van der Waals surface area contributed by atoms with Crippen molar-refractivity contribution in [1.82, 2.24) is 4.31 Å². The van der Waals surface area contributed by atoms with E-state index in [-0.39, 0.29) is 10.8 Å². The minimum atomic E-state index is -3.52. The molecule has 1 atom stereocenters. The Morgan fingerprint density at radius 3 is 2.33 bits per heavy atom. The summed E-state index contributed by atoms with van der Waals surface area (Å²) < 4.78 is 26.6. The van der Waals surface area contributed by atoms with E-state index < -0.39 is 10.0 Å². The lowest BCUT2D eigenvalue weighted by molar-refractivity contribution is 0.0984. The molecule has 0 bridgehead atoms. The second-order valence-electron chi connectivity index (χ2n) is 6.82. The molecule has 0 aliphatic carbocycles. The summed E-state index contributed by atoms with van der Waals surface area (Å²) in [5, 5.41) is 0. The third-order valence-electron chi connectivity index (χ3n) is 5.23. The largest absolute Gasteiger partial charge is 0.308 e. The molecule has 144 valence electrons.